The number of carbonyl (C=O) groups excluding carboxylic acids is 2. The largest absolute Gasteiger partial charge is 0.467 e. The molecule has 6 atom stereocenters. The molecule has 0 aromatic rings. The maximum absolute atomic E-state index is 12.9. The second-order valence-corrected chi connectivity index (χ2v) is 13.1. The molecule has 0 aromatic heterocycles. The topological polar surface area (TPSA) is 147 Å². The molecule has 19 heteroatoms. The highest BCUT2D eigenvalue weighted by Crippen LogP contribution is 2.25. The van der Waals surface area contributed by atoms with Crippen LogP contribution in [0.5, 0.6) is 0 Å². The summed E-state index contributed by atoms with van der Waals surface area (Å²) in [6.45, 7) is 4.63. The van der Waals surface area contributed by atoms with Crippen LogP contribution in [-0.4, -0.2) is 109 Å². The van der Waals surface area contributed by atoms with E-state index in [-0.39, 0.29) is 30.6 Å². The van der Waals surface area contributed by atoms with Gasteiger partial charge in [-0.15, -0.1) is 0 Å². The van der Waals surface area contributed by atoms with Crippen LogP contribution in [0.25, 0.3) is 0 Å². The molecular formula is C27H56I2N4O9P2S2. The summed E-state index contributed by atoms with van der Waals surface area (Å²) in [6, 6.07) is -1.15. The van der Waals surface area contributed by atoms with E-state index in [0.717, 1.165) is 42.9 Å². The Labute approximate surface area is 312 Å². The third-order valence-electron chi connectivity index (χ3n) is 6.76. The molecule has 0 aliphatic rings. The van der Waals surface area contributed by atoms with Crippen molar-refractivity contribution in [1.82, 2.24) is 20.8 Å². The highest BCUT2D eigenvalue weighted by Gasteiger charge is 2.26. The summed E-state index contributed by atoms with van der Waals surface area (Å²) in [4.78, 5) is 35.2. The average molecular weight is 961 g/mol. The van der Waals surface area contributed by atoms with Gasteiger partial charge in [0, 0.05) is 82.9 Å². The number of hydrogen-bond acceptors (Lipinski definition) is 14. The first kappa shape index (κ1) is 49.3. The maximum Gasteiger partial charge on any atom is 0.328 e. The zero-order valence-electron chi connectivity index (χ0n) is 27.9. The second-order valence-electron chi connectivity index (χ2n) is 9.73. The van der Waals surface area contributed by atoms with Crippen LogP contribution in [-0.2, 0) is 43.0 Å². The molecule has 0 bridgehead atoms. The molecular weight excluding hydrogens is 904 g/mol. The third-order valence-corrected chi connectivity index (χ3v) is 10.0. The lowest BCUT2D eigenvalue weighted by molar-refractivity contribution is -0.276. The Hall–Kier alpha value is 1.18. The molecule has 0 rings (SSSR count). The number of esters is 1. The average Bonchev–Trinajstić information content (AvgIpc) is 3.08. The first-order chi connectivity index (χ1) is 22.2. The van der Waals surface area contributed by atoms with Crippen LogP contribution in [0.3, 0.4) is 0 Å². The van der Waals surface area contributed by atoms with Crippen LogP contribution in [0.1, 0.15) is 51.4 Å². The Bertz CT molecular complexity index is 772. The number of nitrogens with one attached hydrogen (secondary N) is 4. The summed E-state index contributed by atoms with van der Waals surface area (Å²) in [5, 5.41) is 12.5. The standard InChI is InChI=1S/C27H56N4O9P2S2.I2/c1-19(28-20(18-40-39-7)10-8-12-24(34-2)35-3)21(30-41)14-16-43-44-17-15-22(31-42)26(32)29-23(27(33)38-6)11-9-13-25(36-4)37-5;1-2/h20-25,28,30-31H,1,8-18,41-42H2,2-7H3,(H,29,32);/t20-,21?,22?,23+;/m0./s1. The summed E-state index contributed by atoms with van der Waals surface area (Å²) in [6.07, 6.45) is 4.97. The Morgan fingerprint density at radius 1 is 0.717 bits per heavy atom. The van der Waals surface area contributed by atoms with E-state index in [0.29, 0.717) is 32.3 Å². The molecule has 0 aromatic carbocycles. The first-order valence-electron chi connectivity index (χ1n) is 14.7. The van der Waals surface area contributed by atoms with Crippen molar-refractivity contribution in [2.24, 2.45) is 0 Å². The fraction of sp³-hybridized carbons (Fsp3) is 0.852. The summed E-state index contributed by atoms with van der Waals surface area (Å²) < 4.78 is 25.8. The van der Waals surface area contributed by atoms with Crippen molar-refractivity contribution in [3.05, 3.63) is 12.3 Å². The quantitative estimate of drug-likeness (QED) is 0.0115. The minimum atomic E-state index is -0.740. The third kappa shape index (κ3) is 24.3. The van der Waals surface area contributed by atoms with Crippen molar-refractivity contribution >= 4 is 89.5 Å². The van der Waals surface area contributed by atoms with Crippen molar-refractivity contribution in [3.8, 4) is 0 Å². The molecule has 0 saturated heterocycles. The zero-order valence-corrected chi connectivity index (χ0v) is 36.1. The molecule has 0 radical (unpaired) electrons. The Morgan fingerprint density at radius 3 is 1.67 bits per heavy atom. The lowest BCUT2D eigenvalue weighted by Crippen LogP contribution is -2.48. The van der Waals surface area contributed by atoms with E-state index in [1.54, 1.807) is 50.0 Å². The van der Waals surface area contributed by atoms with Gasteiger partial charge >= 0.3 is 5.97 Å². The summed E-state index contributed by atoms with van der Waals surface area (Å²) >= 11 is 4.24. The van der Waals surface area contributed by atoms with Crippen LogP contribution in [0.15, 0.2) is 12.3 Å². The zero-order chi connectivity index (χ0) is 35.2. The maximum atomic E-state index is 12.9. The van der Waals surface area contributed by atoms with Gasteiger partial charge in [0.2, 0.25) is 5.91 Å². The lowest BCUT2D eigenvalue weighted by Gasteiger charge is -2.26. The molecule has 0 heterocycles. The van der Waals surface area contributed by atoms with Crippen molar-refractivity contribution in [2.75, 3.05) is 60.8 Å². The number of rotatable bonds is 30. The molecule has 46 heavy (non-hydrogen) atoms. The van der Waals surface area contributed by atoms with Crippen molar-refractivity contribution in [2.45, 2.75) is 88.1 Å². The SMILES string of the molecule is C=C(N[C@@H](CCCC(OC)OC)COOC)C(CCSSCCC(NP)C(=O)N[C@H](CCCC(OC)OC)C(=O)OC)NP.II. The summed E-state index contributed by atoms with van der Waals surface area (Å²) in [5.74, 6) is 0.889. The van der Waals surface area contributed by atoms with Gasteiger partial charge in [0.25, 0.3) is 0 Å². The van der Waals surface area contributed by atoms with Gasteiger partial charge in [0.15, 0.2) is 12.6 Å². The molecule has 13 nitrogen and oxygen atoms in total. The number of amides is 1. The predicted molar refractivity (Wildman–Crippen MR) is 212 cm³/mol. The number of hydrogen-bond donors (Lipinski definition) is 4. The molecule has 0 aliphatic carbocycles. The van der Waals surface area contributed by atoms with E-state index in [1.807, 2.05) is 0 Å². The molecule has 0 aliphatic heterocycles. The molecule has 4 N–H and O–H groups in total. The van der Waals surface area contributed by atoms with Crippen molar-refractivity contribution in [1.29, 1.82) is 0 Å². The summed E-state index contributed by atoms with van der Waals surface area (Å²) in [7, 11) is 17.6. The Morgan fingerprint density at radius 2 is 1.22 bits per heavy atom. The molecule has 0 saturated carbocycles. The van der Waals surface area contributed by atoms with E-state index in [2.05, 4.69) is 83.4 Å². The van der Waals surface area contributed by atoms with Gasteiger partial charge in [-0.1, -0.05) is 46.9 Å². The van der Waals surface area contributed by atoms with E-state index < -0.39 is 18.1 Å². The molecule has 1 amide bonds. The van der Waals surface area contributed by atoms with E-state index >= 15 is 0 Å². The first-order valence-corrected chi connectivity index (χ1v) is 24.6. The van der Waals surface area contributed by atoms with Gasteiger partial charge in [-0.05, 0) is 51.4 Å². The minimum Gasteiger partial charge on any atom is -0.467 e. The molecule has 0 spiro atoms. The number of methoxy groups -OCH3 is 5. The van der Waals surface area contributed by atoms with Gasteiger partial charge in [0.05, 0.1) is 32.3 Å². The Balaban J connectivity index is 0. The number of halogens is 2. The Kier molecular flexibility index (Phi) is 37.1. The van der Waals surface area contributed by atoms with Gasteiger partial charge in [-0.2, -0.15) is 0 Å². The smallest absolute Gasteiger partial charge is 0.328 e. The van der Waals surface area contributed by atoms with Crippen molar-refractivity contribution in [3.63, 3.8) is 0 Å². The van der Waals surface area contributed by atoms with Crippen LogP contribution >= 0.6 is 77.6 Å². The van der Waals surface area contributed by atoms with Crippen LogP contribution < -0.4 is 20.8 Å². The lowest BCUT2D eigenvalue weighted by atomic mass is 10.1. The van der Waals surface area contributed by atoms with Crippen molar-refractivity contribution < 1.29 is 43.0 Å². The minimum absolute atomic E-state index is 0.0218. The second kappa shape index (κ2) is 34.6. The highest BCUT2D eigenvalue weighted by molar-refractivity contribution is 15.0. The molecule has 4 unspecified atom stereocenters. The fourth-order valence-electron chi connectivity index (χ4n) is 4.16. The number of ether oxygens (including phenoxy) is 5. The highest BCUT2D eigenvalue weighted by atomic mass is 128. The van der Waals surface area contributed by atoms with Crippen LogP contribution in [0.2, 0.25) is 0 Å². The molecule has 274 valence electrons. The van der Waals surface area contributed by atoms with Gasteiger partial charge in [-0.3, -0.25) is 15.0 Å². The fourth-order valence-corrected chi connectivity index (χ4v) is 7.03. The van der Waals surface area contributed by atoms with Gasteiger partial charge in [-0.25, -0.2) is 14.6 Å². The van der Waals surface area contributed by atoms with E-state index in [9.17, 15) is 9.59 Å². The summed E-state index contributed by atoms with van der Waals surface area (Å²) in [5.41, 5.74) is 0.870. The normalized spacial score (nSPS) is 13.8. The predicted octanol–water partition coefficient (Wildman–Crippen LogP) is 4.70. The van der Waals surface area contributed by atoms with Crippen LogP contribution in [0, 0.1) is 0 Å². The van der Waals surface area contributed by atoms with E-state index in [4.69, 9.17) is 33.5 Å². The number of carbonyl (C=O) groups is 2. The van der Waals surface area contributed by atoms with E-state index in [1.165, 1.54) is 14.2 Å². The van der Waals surface area contributed by atoms with Gasteiger partial charge < -0.3 is 34.3 Å². The molecule has 0 fully saturated rings. The monoisotopic (exact) mass is 960 g/mol. The van der Waals surface area contributed by atoms with Crippen LogP contribution in [0.4, 0.5) is 0 Å². The van der Waals surface area contributed by atoms with Gasteiger partial charge in [0.1, 0.15) is 12.6 Å².